The largest absolute Gasteiger partial charge is 0.362 e. The van der Waals surface area contributed by atoms with Gasteiger partial charge in [-0.2, -0.15) is 0 Å². The topological polar surface area (TPSA) is 24.1 Å². The number of nitrogens with one attached hydrogen (secondary N) is 2. The molecule has 0 saturated heterocycles. The van der Waals surface area contributed by atoms with E-state index in [1.165, 1.54) is 27.8 Å². The lowest BCUT2D eigenvalue weighted by Gasteiger charge is -2.12. The van der Waals surface area contributed by atoms with E-state index in [1.54, 1.807) is 0 Å². The summed E-state index contributed by atoms with van der Waals surface area (Å²) < 4.78 is 0. The van der Waals surface area contributed by atoms with E-state index in [-0.39, 0.29) is 0 Å². The zero-order valence-corrected chi connectivity index (χ0v) is 14.6. The van der Waals surface area contributed by atoms with E-state index in [9.17, 15) is 0 Å². The number of thiocarbonyl (C=S) groups is 1. The summed E-state index contributed by atoms with van der Waals surface area (Å²) in [5, 5.41) is 7.19. The summed E-state index contributed by atoms with van der Waals surface area (Å²) in [4.78, 5) is 0. The summed E-state index contributed by atoms with van der Waals surface area (Å²) >= 11 is 5.36. The molecule has 0 atom stereocenters. The normalized spacial score (nSPS) is 10.4. The van der Waals surface area contributed by atoms with Crippen LogP contribution in [0, 0.1) is 27.7 Å². The first-order valence-electron chi connectivity index (χ1n) is 7.64. The number of rotatable bonds is 4. The molecule has 2 aromatic rings. The molecule has 2 aromatic carbocycles. The third-order valence-electron chi connectivity index (χ3n) is 3.94. The van der Waals surface area contributed by atoms with Crippen LogP contribution in [-0.2, 0) is 6.42 Å². The fourth-order valence-corrected chi connectivity index (χ4v) is 2.65. The van der Waals surface area contributed by atoms with Gasteiger partial charge in [0.2, 0.25) is 0 Å². The summed E-state index contributed by atoms with van der Waals surface area (Å²) in [6.07, 6.45) is 0.973. The van der Waals surface area contributed by atoms with Gasteiger partial charge in [-0.1, -0.05) is 29.8 Å². The van der Waals surface area contributed by atoms with Gasteiger partial charge >= 0.3 is 0 Å². The summed E-state index contributed by atoms with van der Waals surface area (Å²) in [6.45, 7) is 9.34. The van der Waals surface area contributed by atoms with Gasteiger partial charge in [-0.3, -0.25) is 0 Å². The first kappa shape index (κ1) is 16.5. The Morgan fingerprint density at radius 1 is 0.909 bits per heavy atom. The molecule has 2 rings (SSSR count). The Morgan fingerprint density at radius 3 is 2.36 bits per heavy atom. The maximum Gasteiger partial charge on any atom is 0.170 e. The fraction of sp³-hybridized carbons (Fsp3) is 0.316. The summed E-state index contributed by atoms with van der Waals surface area (Å²) in [5.41, 5.74) is 7.61. The molecule has 0 bridgehead atoms. The number of anilines is 1. The molecule has 0 amide bonds. The minimum atomic E-state index is 0.674. The molecule has 0 fully saturated rings. The summed E-state index contributed by atoms with van der Waals surface area (Å²) in [7, 11) is 0. The number of hydrogen-bond donors (Lipinski definition) is 2. The fourth-order valence-electron chi connectivity index (χ4n) is 2.43. The highest BCUT2D eigenvalue weighted by atomic mass is 32.1. The van der Waals surface area contributed by atoms with E-state index in [0.717, 1.165) is 18.7 Å². The van der Waals surface area contributed by atoms with Crippen molar-refractivity contribution in [3.8, 4) is 0 Å². The average Bonchev–Trinajstić information content (AvgIpc) is 2.45. The third-order valence-corrected chi connectivity index (χ3v) is 4.19. The van der Waals surface area contributed by atoms with Gasteiger partial charge in [0.15, 0.2) is 5.11 Å². The molecule has 3 heteroatoms. The van der Waals surface area contributed by atoms with Gasteiger partial charge in [-0.15, -0.1) is 0 Å². The first-order valence-corrected chi connectivity index (χ1v) is 8.05. The van der Waals surface area contributed by atoms with Crippen LogP contribution in [0.25, 0.3) is 0 Å². The number of hydrogen-bond acceptors (Lipinski definition) is 1. The highest BCUT2D eigenvalue weighted by Gasteiger charge is 2.01. The van der Waals surface area contributed by atoms with E-state index in [1.807, 2.05) is 0 Å². The van der Waals surface area contributed by atoms with Gasteiger partial charge in [-0.05, 0) is 80.7 Å². The Morgan fingerprint density at radius 2 is 1.68 bits per heavy atom. The van der Waals surface area contributed by atoms with Gasteiger partial charge in [0.05, 0.1) is 0 Å². The van der Waals surface area contributed by atoms with Crippen LogP contribution in [0.5, 0.6) is 0 Å². The van der Waals surface area contributed by atoms with Crippen LogP contribution in [0.1, 0.15) is 27.8 Å². The van der Waals surface area contributed by atoms with Gasteiger partial charge in [-0.25, -0.2) is 0 Å². The monoisotopic (exact) mass is 312 g/mol. The zero-order chi connectivity index (χ0) is 16.1. The van der Waals surface area contributed by atoms with Crippen LogP contribution in [0.3, 0.4) is 0 Å². The molecule has 2 N–H and O–H groups in total. The lowest BCUT2D eigenvalue weighted by molar-refractivity contribution is 0.867. The van der Waals surface area contributed by atoms with Crippen molar-refractivity contribution in [2.45, 2.75) is 34.1 Å². The second-order valence-electron chi connectivity index (χ2n) is 5.86. The Hall–Kier alpha value is -1.87. The minimum Gasteiger partial charge on any atom is -0.362 e. The van der Waals surface area contributed by atoms with E-state index < -0.39 is 0 Å². The Kier molecular flexibility index (Phi) is 5.56. The molecule has 0 aliphatic carbocycles. The molecule has 0 heterocycles. The van der Waals surface area contributed by atoms with Gasteiger partial charge in [0, 0.05) is 12.2 Å². The zero-order valence-electron chi connectivity index (χ0n) is 13.8. The molecule has 0 aliphatic rings. The molecule has 116 valence electrons. The minimum absolute atomic E-state index is 0.674. The average molecular weight is 312 g/mol. The molecular weight excluding hydrogens is 288 g/mol. The summed E-state index contributed by atoms with van der Waals surface area (Å²) in [5.74, 6) is 0. The van der Waals surface area contributed by atoms with Crippen molar-refractivity contribution in [2.24, 2.45) is 0 Å². The predicted molar refractivity (Wildman–Crippen MR) is 99.8 cm³/mol. The third kappa shape index (κ3) is 4.57. The maximum atomic E-state index is 5.36. The van der Waals surface area contributed by atoms with Gasteiger partial charge < -0.3 is 10.6 Å². The second-order valence-corrected chi connectivity index (χ2v) is 6.27. The van der Waals surface area contributed by atoms with E-state index >= 15 is 0 Å². The van der Waals surface area contributed by atoms with E-state index in [0.29, 0.717) is 5.11 Å². The molecule has 0 spiro atoms. The van der Waals surface area contributed by atoms with Crippen LogP contribution >= 0.6 is 12.2 Å². The molecular formula is C19H24N2S. The highest BCUT2D eigenvalue weighted by molar-refractivity contribution is 7.80. The van der Waals surface area contributed by atoms with E-state index in [4.69, 9.17) is 12.2 Å². The van der Waals surface area contributed by atoms with Crippen LogP contribution in [-0.4, -0.2) is 11.7 Å². The number of aryl methyl sites for hydroxylation is 4. The van der Waals surface area contributed by atoms with Crippen molar-refractivity contribution in [2.75, 3.05) is 11.9 Å². The highest BCUT2D eigenvalue weighted by Crippen LogP contribution is 2.14. The van der Waals surface area contributed by atoms with Crippen molar-refractivity contribution in [3.63, 3.8) is 0 Å². The Bertz CT molecular complexity index is 677. The lowest BCUT2D eigenvalue weighted by atomic mass is 10.0. The van der Waals surface area contributed by atoms with Crippen molar-refractivity contribution in [3.05, 3.63) is 64.2 Å². The first-order chi connectivity index (χ1) is 10.5. The Balaban J connectivity index is 1.83. The molecule has 0 unspecified atom stereocenters. The Labute approximate surface area is 139 Å². The van der Waals surface area contributed by atoms with Crippen LogP contribution in [0.4, 0.5) is 5.69 Å². The van der Waals surface area contributed by atoms with Gasteiger partial charge in [0.1, 0.15) is 0 Å². The lowest BCUT2D eigenvalue weighted by Crippen LogP contribution is -2.30. The molecule has 2 nitrogen and oxygen atoms in total. The quantitative estimate of drug-likeness (QED) is 0.816. The number of benzene rings is 2. The standard InChI is InChI=1S/C19H24N2S/c1-13-5-7-17(16(4)11-13)9-10-20-19(22)21-18-8-6-14(2)15(3)12-18/h5-8,11-12H,9-10H2,1-4H3,(H2,20,21,22). The smallest absolute Gasteiger partial charge is 0.170 e. The maximum absolute atomic E-state index is 5.36. The van der Waals surface area contributed by atoms with Crippen molar-refractivity contribution in [1.29, 1.82) is 0 Å². The van der Waals surface area contributed by atoms with Crippen molar-refractivity contribution in [1.82, 2.24) is 5.32 Å². The molecule has 0 aliphatic heterocycles. The summed E-state index contributed by atoms with van der Waals surface area (Å²) in [6, 6.07) is 12.9. The molecule has 0 saturated carbocycles. The van der Waals surface area contributed by atoms with Gasteiger partial charge in [0.25, 0.3) is 0 Å². The second kappa shape index (κ2) is 7.41. The molecule has 22 heavy (non-hydrogen) atoms. The predicted octanol–water partition coefficient (Wildman–Crippen LogP) is 4.45. The van der Waals surface area contributed by atoms with Crippen LogP contribution < -0.4 is 10.6 Å². The SMILES string of the molecule is Cc1ccc(CCNC(=S)Nc2ccc(C)c(C)c2)c(C)c1. The van der Waals surface area contributed by atoms with Crippen LogP contribution in [0.2, 0.25) is 0 Å². The molecule has 0 radical (unpaired) electrons. The van der Waals surface area contributed by atoms with Crippen molar-refractivity contribution >= 4 is 23.0 Å². The molecule has 0 aromatic heterocycles. The van der Waals surface area contributed by atoms with Crippen molar-refractivity contribution < 1.29 is 0 Å². The van der Waals surface area contributed by atoms with E-state index in [2.05, 4.69) is 74.7 Å². The van der Waals surface area contributed by atoms with Crippen LogP contribution in [0.15, 0.2) is 36.4 Å².